The topological polar surface area (TPSA) is 29.5 Å². The molecule has 74 valence electrons. The van der Waals surface area contributed by atoms with Gasteiger partial charge in [-0.2, -0.15) is 0 Å². The van der Waals surface area contributed by atoms with Crippen LogP contribution in [-0.4, -0.2) is 37.1 Å². The van der Waals surface area contributed by atoms with Gasteiger partial charge in [-0.3, -0.25) is 0 Å². The Labute approximate surface area is 83.3 Å². The van der Waals surface area contributed by atoms with Crippen molar-refractivity contribution in [2.45, 2.75) is 19.4 Å². The molecule has 4 heteroatoms. The molecule has 3 nitrogen and oxygen atoms in total. The summed E-state index contributed by atoms with van der Waals surface area (Å²) in [5.74, 6) is -0.413. The number of hydrogen-bond donors (Lipinski definition) is 0. The van der Waals surface area contributed by atoms with Gasteiger partial charge in [0.15, 0.2) is 0 Å². The number of ether oxygens (including phenoxy) is 1. The van der Waals surface area contributed by atoms with Crippen LogP contribution >= 0.6 is 11.6 Å². The Hall–Kier alpha value is -0.540. The van der Waals surface area contributed by atoms with E-state index in [1.807, 2.05) is 32.8 Å². The number of cyclic esters (lactones) is 1. The molecule has 0 aromatic heterocycles. The minimum atomic E-state index is -0.558. The molecule has 0 aromatic rings. The van der Waals surface area contributed by atoms with Crippen LogP contribution in [0.3, 0.4) is 0 Å². The normalized spacial score (nSPS) is 28.6. The molecule has 0 unspecified atom stereocenters. The summed E-state index contributed by atoms with van der Waals surface area (Å²) in [7, 11) is 3.86. The first-order valence-electron chi connectivity index (χ1n) is 4.12. The zero-order valence-corrected chi connectivity index (χ0v) is 9.10. The van der Waals surface area contributed by atoms with Crippen molar-refractivity contribution in [2.75, 3.05) is 20.6 Å². The molecule has 1 aliphatic rings. The third-order valence-electron chi connectivity index (χ3n) is 2.24. The van der Waals surface area contributed by atoms with Gasteiger partial charge in [-0.05, 0) is 33.5 Å². The van der Waals surface area contributed by atoms with Gasteiger partial charge < -0.3 is 9.64 Å². The Morgan fingerprint density at radius 3 is 2.38 bits per heavy atom. The third kappa shape index (κ3) is 1.86. The van der Waals surface area contributed by atoms with Crippen molar-refractivity contribution in [1.29, 1.82) is 0 Å². The number of esters is 1. The summed E-state index contributed by atoms with van der Waals surface area (Å²) in [5, 5.41) is 0.226. The SMILES string of the molecule is CC1=C(Cl)C(=O)O[C@]1(C)CN(C)C. The van der Waals surface area contributed by atoms with E-state index in [1.54, 1.807) is 0 Å². The lowest BCUT2D eigenvalue weighted by molar-refractivity contribution is -0.146. The molecule has 0 saturated carbocycles. The fourth-order valence-corrected chi connectivity index (χ4v) is 1.70. The first-order chi connectivity index (χ1) is 5.87. The highest BCUT2D eigenvalue weighted by Gasteiger charge is 2.41. The van der Waals surface area contributed by atoms with E-state index in [9.17, 15) is 4.79 Å². The lowest BCUT2D eigenvalue weighted by atomic mass is 9.98. The van der Waals surface area contributed by atoms with Crippen molar-refractivity contribution in [3.8, 4) is 0 Å². The van der Waals surface area contributed by atoms with E-state index in [1.165, 1.54) is 0 Å². The second-order valence-electron chi connectivity index (χ2n) is 3.80. The molecule has 0 amide bonds. The van der Waals surface area contributed by atoms with Crippen LogP contribution in [0.25, 0.3) is 0 Å². The molecule has 13 heavy (non-hydrogen) atoms. The van der Waals surface area contributed by atoms with Gasteiger partial charge in [-0.15, -0.1) is 0 Å². The summed E-state index contributed by atoms with van der Waals surface area (Å²) in [6, 6.07) is 0. The molecule has 0 saturated heterocycles. The highest BCUT2D eigenvalue weighted by molar-refractivity contribution is 6.42. The predicted molar refractivity (Wildman–Crippen MR) is 51.6 cm³/mol. The highest BCUT2D eigenvalue weighted by Crippen LogP contribution is 2.34. The maximum Gasteiger partial charge on any atom is 0.350 e. The molecule has 0 spiro atoms. The molecule has 1 rings (SSSR count). The van der Waals surface area contributed by atoms with Crippen LogP contribution in [0.4, 0.5) is 0 Å². The van der Waals surface area contributed by atoms with Gasteiger partial charge >= 0.3 is 5.97 Å². The Morgan fingerprint density at radius 1 is 1.54 bits per heavy atom. The molecule has 1 heterocycles. The van der Waals surface area contributed by atoms with Gasteiger partial charge in [-0.1, -0.05) is 11.6 Å². The highest BCUT2D eigenvalue weighted by atomic mass is 35.5. The Bertz CT molecular complexity index is 273. The average Bonchev–Trinajstić information content (AvgIpc) is 2.14. The minimum Gasteiger partial charge on any atom is -0.449 e. The van der Waals surface area contributed by atoms with Gasteiger partial charge in [0.2, 0.25) is 0 Å². The lowest BCUT2D eigenvalue weighted by Gasteiger charge is -2.28. The molecule has 0 N–H and O–H groups in total. The number of carbonyl (C=O) groups is 1. The molecule has 1 atom stereocenters. The van der Waals surface area contributed by atoms with Gasteiger partial charge in [0.05, 0.1) is 0 Å². The number of hydrogen-bond acceptors (Lipinski definition) is 3. The van der Waals surface area contributed by atoms with Gasteiger partial charge in [0.25, 0.3) is 0 Å². The maximum absolute atomic E-state index is 11.2. The molecular weight excluding hydrogens is 190 g/mol. The second-order valence-corrected chi connectivity index (χ2v) is 4.18. The quantitative estimate of drug-likeness (QED) is 0.635. The second kappa shape index (κ2) is 3.31. The van der Waals surface area contributed by atoms with E-state index >= 15 is 0 Å². The molecule has 0 fully saturated rings. The van der Waals surface area contributed by atoms with E-state index < -0.39 is 11.6 Å². The van der Waals surface area contributed by atoms with Crippen molar-refractivity contribution in [3.63, 3.8) is 0 Å². The van der Waals surface area contributed by atoms with E-state index in [0.717, 1.165) is 5.57 Å². The lowest BCUT2D eigenvalue weighted by Crippen LogP contribution is -2.39. The zero-order valence-electron chi connectivity index (χ0n) is 8.35. The summed E-state index contributed by atoms with van der Waals surface area (Å²) in [5.41, 5.74) is 0.255. The Balaban J connectivity index is 2.90. The average molecular weight is 204 g/mol. The van der Waals surface area contributed by atoms with Crippen LogP contribution in [-0.2, 0) is 9.53 Å². The first-order valence-corrected chi connectivity index (χ1v) is 4.49. The van der Waals surface area contributed by atoms with Gasteiger partial charge in [0.1, 0.15) is 10.6 Å². The van der Waals surface area contributed by atoms with Crippen LogP contribution in [0, 0.1) is 0 Å². The van der Waals surface area contributed by atoms with Crippen molar-refractivity contribution in [2.24, 2.45) is 0 Å². The maximum atomic E-state index is 11.2. The largest absolute Gasteiger partial charge is 0.449 e. The molecule has 0 bridgehead atoms. The van der Waals surface area contributed by atoms with E-state index in [0.29, 0.717) is 6.54 Å². The minimum absolute atomic E-state index is 0.226. The van der Waals surface area contributed by atoms with E-state index in [2.05, 4.69) is 0 Å². The number of likely N-dealkylation sites (N-methyl/N-ethyl adjacent to an activating group) is 1. The molecule has 0 radical (unpaired) electrons. The summed E-state index contributed by atoms with van der Waals surface area (Å²) in [6.45, 7) is 4.35. The van der Waals surface area contributed by atoms with Crippen LogP contribution in [0.15, 0.2) is 10.6 Å². The smallest absolute Gasteiger partial charge is 0.350 e. The number of carbonyl (C=O) groups excluding carboxylic acids is 1. The molecule has 0 aromatic carbocycles. The fourth-order valence-electron chi connectivity index (χ4n) is 1.47. The van der Waals surface area contributed by atoms with Crippen LogP contribution < -0.4 is 0 Å². The van der Waals surface area contributed by atoms with Gasteiger partial charge in [-0.25, -0.2) is 4.79 Å². The molecular formula is C9H14ClNO2. The van der Waals surface area contributed by atoms with Crippen LogP contribution in [0.1, 0.15) is 13.8 Å². The van der Waals surface area contributed by atoms with Crippen molar-refractivity contribution >= 4 is 17.6 Å². The monoisotopic (exact) mass is 203 g/mol. The number of halogens is 1. The van der Waals surface area contributed by atoms with E-state index in [4.69, 9.17) is 16.3 Å². The summed E-state index contributed by atoms with van der Waals surface area (Å²) < 4.78 is 5.20. The third-order valence-corrected chi connectivity index (χ3v) is 2.68. The van der Waals surface area contributed by atoms with E-state index in [-0.39, 0.29) is 5.03 Å². The number of nitrogens with zero attached hydrogens (tertiary/aromatic N) is 1. The summed E-state index contributed by atoms with van der Waals surface area (Å²) in [6.07, 6.45) is 0. The van der Waals surface area contributed by atoms with Crippen LogP contribution in [0.5, 0.6) is 0 Å². The summed E-state index contributed by atoms with van der Waals surface area (Å²) in [4.78, 5) is 13.1. The molecule has 0 aliphatic carbocycles. The van der Waals surface area contributed by atoms with Gasteiger partial charge in [0, 0.05) is 6.54 Å². The summed E-state index contributed by atoms with van der Waals surface area (Å²) >= 11 is 5.77. The van der Waals surface area contributed by atoms with Crippen molar-refractivity contribution < 1.29 is 9.53 Å². The van der Waals surface area contributed by atoms with Crippen molar-refractivity contribution in [3.05, 3.63) is 10.6 Å². The number of rotatable bonds is 2. The zero-order chi connectivity index (χ0) is 10.2. The first kappa shape index (κ1) is 10.5. The fraction of sp³-hybridized carbons (Fsp3) is 0.667. The van der Waals surface area contributed by atoms with Crippen LogP contribution in [0.2, 0.25) is 0 Å². The Kier molecular flexibility index (Phi) is 2.68. The molecule has 1 aliphatic heterocycles. The predicted octanol–water partition coefficient (Wildman–Crippen LogP) is 1.38. The standard InChI is InChI=1S/C9H14ClNO2/c1-6-7(10)8(12)13-9(6,2)5-11(3)4/h5H2,1-4H3/t9-/m1/s1. The van der Waals surface area contributed by atoms with Crippen molar-refractivity contribution in [1.82, 2.24) is 4.90 Å². The Morgan fingerprint density at radius 2 is 2.08 bits per heavy atom.